The topological polar surface area (TPSA) is 42.4 Å². The molecule has 0 spiro atoms. The molecule has 1 fully saturated rings. The minimum Gasteiger partial charge on any atom is -0.377 e. The van der Waals surface area contributed by atoms with Crippen molar-refractivity contribution in [2.45, 2.75) is 32.2 Å². The molecule has 1 unspecified atom stereocenters. The molecule has 0 saturated carbocycles. The summed E-state index contributed by atoms with van der Waals surface area (Å²) >= 11 is 1.56. The maximum Gasteiger partial charge on any atom is 0.186 e. The predicted molar refractivity (Wildman–Crippen MR) is 67.0 cm³/mol. The Kier molecular flexibility index (Phi) is 2.88. The molecule has 1 aromatic heterocycles. The fourth-order valence-electron chi connectivity index (χ4n) is 2.39. The lowest BCUT2D eigenvalue weighted by Gasteiger charge is -2.32. The number of hydrogen-bond donors (Lipinski definition) is 0. The van der Waals surface area contributed by atoms with Crippen LogP contribution in [-0.2, 0) is 11.2 Å². The molecule has 92 valence electrons. The van der Waals surface area contributed by atoms with Crippen molar-refractivity contribution in [2.24, 2.45) is 0 Å². The summed E-state index contributed by atoms with van der Waals surface area (Å²) in [4.78, 5) is 19.6. The van der Waals surface area contributed by atoms with Crippen molar-refractivity contribution in [3.05, 3.63) is 10.6 Å². The highest BCUT2D eigenvalue weighted by Gasteiger charge is 2.27. The minimum absolute atomic E-state index is 0.274. The number of carbonyl (C=O) groups excluding carboxylic acids is 1. The largest absolute Gasteiger partial charge is 0.377 e. The van der Waals surface area contributed by atoms with Gasteiger partial charge in [0.2, 0.25) is 0 Å². The van der Waals surface area contributed by atoms with Gasteiger partial charge in [0.15, 0.2) is 10.9 Å². The van der Waals surface area contributed by atoms with Crippen molar-refractivity contribution in [1.29, 1.82) is 0 Å². The zero-order chi connectivity index (χ0) is 11.8. The molecular formula is C12H16N2O2S. The maximum absolute atomic E-state index is 11.8. The molecule has 1 saturated heterocycles. The van der Waals surface area contributed by atoms with E-state index in [1.54, 1.807) is 11.3 Å². The fraction of sp³-hybridized carbons (Fsp3) is 0.667. The van der Waals surface area contributed by atoms with E-state index in [9.17, 15) is 4.79 Å². The van der Waals surface area contributed by atoms with Gasteiger partial charge in [0.05, 0.1) is 29.8 Å². The molecule has 2 heterocycles. The van der Waals surface area contributed by atoms with Crippen molar-refractivity contribution < 1.29 is 9.53 Å². The Hall–Kier alpha value is -0.940. The predicted octanol–water partition coefficient (Wildman–Crippen LogP) is 1.89. The lowest BCUT2D eigenvalue weighted by atomic mass is 10.0. The molecule has 4 nitrogen and oxygen atoms in total. The molecule has 1 aliphatic heterocycles. The SMILES string of the molecule is CC1COCCN1c1nc2c(s1)C(=O)CCC2. The van der Waals surface area contributed by atoms with Crippen molar-refractivity contribution in [3.8, 4) is 0 Å². The summed E-state index contributed by atoms with van der Waals surface area (Å²) in [6.07, 6.45) is 2.59. The number of nitrogens with zero attached hydrogens (tertiary/aromatic N) is 2. The van der Waals surface area contributed by atoms with Crippen LogP contribution in [0.5, 0.6) is 0 Å². The van der Waals surface area contributed by atoms with Gasteiger partial charge in [-0.05, 0) is 19.8 Å². The molecule has 0 aromatic carbocycles. The highest BCUT2D eigenvalue weighted by atomic mass is 32.1. The molecule has 2 aliphatic rings. The molecule has 1 aromatic rings. The molecule has 0 radical (unpaired) electrons. The molecular weight excluding hydrogens is 236 g/mol. The van der Waals surface area contributed by atoms with E-state index >= 15 is 0 Å². The zero-order valence-electron chi connectivity index (χ0n) is 9.94. The van der Waals surface area contributed by atoms with Crippen molar-refractivity contribution >= 4 is 22.3 Å². The Balaban J connectivity index is 1.90. The van der Waals surface area contributed by atoms with Crippen molar-refractivity contribution in [2.75, 3.05) is 24.7 Å². The van der Waals surface area contributed by atoms with Crippen LogP contribution >= 0.6 is 11.3 Å². The van der Waals surface area contributed by atoms with Gasteiger partial charge in [-0.1, -0.05) is 11.3 Å². The summed E-state index contributed by atoms with van der Waals surface area (Å²) in [6.45, 7) is 4.52. The van der Waals surface area contributed by atoms with Crippen molar-refractivity contribution in [1.82, 2.24) is 4.98 Å². The van der Waals surface area contributed by atoms with Crippen LogP contribution < -0.4 is 4.90 Å². The highest BCUT2D eigenvalue weighted by Crippen LogP contribution is 2.33. The molecule has 0 amide bonds. The Morgan fingerprint density at radius 3 is 3.12 bits per heavy atom. The first-order chi connectivity index (χ1) is 8.25. The molecule has 3 rings (SSSR count). The van der Waals surface area contributed by atoms with Crippen LogP contribution in [0.15, 0.2) is 0 Å². The first kappa shape index (κ1) is 11.2. The Morgan fingerprint density at radius 2 is 2.35 bits per heavy atom. The van der Waals surface area contributed by atoms with Crippen LogP contribution in [0.4, 0.5) is 5.13 Å². The maximum atomic E-state index is 11.8. The van der Waals surface area contributed by atoms with Crippen LogP contribution in [0.1, 0.15) is 35.1 Å². The number of morpholine rings is 1. The number of Topliss-reactive ketones (excluding diaryl/α,β-unsaturated/α-hetero) is 1. The van der Waals surface area contributed by atoms with E-state index in [1.165, 1.54) is 0 Å². The van der Waals surface area contributed by atoms with Gasteiger partial charge in [0, 0.05) is 13.0 Å². The Bertz CT molecular complexity index is 444. The quantitative estimate of drug-likeness (QED) is 0.765. The third-order valence-electron chi connectivity index (χ3n) is 3.37. The van der Waals surface area contributed by atoms with Gasteiger partial charge in [-0.3, -0.25) is 4.79 Å². The number of ketones is 1. The number of aromatic nitrogens is 1. The molecule has 1 atom stereocenters. The summed E-state index contributed by atoms with van der Waals surface area (Å²) in [5.74, 6) is 0.274. The van der Waals surface area contributed by atoms with Gasteiger partial charge < -0.3 is 9.64 Å². The van der Waals surface area contributed by atoms with E-state index in [2.05, 4.69) is 16.8 Å². The van der Waals surface area contributed by atoms with E-state index in [0.29, 0.717) is 12.5 Å². The van der Waals surface area contributed by atoms with Gasteiger partial charge in [0.25, 0.3) is 0 Å². The second kappa shape index (κ2) is 4.38. The van der Waals surface area contributed by atoms with Gasteiger partial charge in [-0.2, -0.15) is 0 Å². The number of ether oxygens (including phenoxy) is 1. The van der Waals surface area contributed by atoms with Crippen LogP contribution in [0.3, 0.4) is 0 Å². The summed E-state index contributed by atoms with van der Waals surface area (Å²) in [5, 5.41) is 1.00. The molecule has 1 aliphatic carbocycles. The van der Waals surface area contributed by atoms with E-state index < -0.39 is 0 Å². The van der Waals surface area contributed by atoms with E-state index in [0.717, 1.165) is 48.3 Å². The van der Waals surface area contributed by atoms with Gasteiger partial charge in [-0.25, -0.2) is 4.98 Å². The number of fused-ring (bicyclic) bond motifs is 1. The van der Waals surface area contributed by atoms with E-state index in [-0.39, 0.29) is 5.78 Å². The average molecular weight is 252 g/mol. The number of thiazole rings is 1. The molecule has 0 bridgehead atoms. The lowest BCUT2D eigenvalue weighted by Crippen LogP contribution is -2.43. The Morgan fingerprint density at radius 1 is 1.47 bits per heavy atom. The van der Waals surface area contributed by atoms with E-state index in [1.807, 2.05) is 0 Å². The summed E-state index contributed by atoms with van der Waals surface area (Å²) in [6, 6.07) is 0.353. The van der Waals surface area contributed by atoms with Crippen molar-refractivity contribution in [3.63, 3.8) is 0 Å². The number of aryl methyl sites for hydroxylation is 1. The van der Waals surface area contributed by atoms with Crippen LogP contribution in [0.25, 0.3) is 0 Å². The summed E-state index contributed by atoms with van der Waals surface area (Å²) in [5.41, 5.74) is 1.01. The van der Waals surface area contributed by atoms with Gasteiger partial charge >= 0.3 is 0 Å². The third kappa shape index (κ3) is 1.98. The normalized spacial score (nSPS) is 24.9. The first-order valence-electron chi connectivity index (χ1n) is 6.13. The smallest absolute Gasteiger partial charge is 0.186 e. The third-order valence-corrected chi connectivity index (χ3v) is 4.55. The Labute approximate surface area is 105 Å². The van der Waals surface area contributed by atoms with Crippen LogP contribution in [0, 0.1) is 0 Å². The standard InChI is InChI=1S/C12H16N2O2S/c1-8-7-16-6-5-14(8)12-13-9-3-2-4-10(15)11(9)17-12/h8H,2-7H2,1H3. The minimum atomic E-state index is 0.274. The molecule has 0 N–H and O–H groups in total. The highest BCUT2D eigenvalue weighted by molar-refractivity contribution is 7.17. The van der Waals surface area contributed by atoms with Gasteiger partial charge in [-0.15, -0.1) is 0 Å². The van der Waals surface area contributed by atoms with Crippen LogP contribution in [-0.4, -0.2) is 36.6 Å². The number of rotatable bonds is 1. The number of carbonyl (C=O) groups is 1. The molecule has 5 heteroatoms. The second-order valence-corrected chi connectivity index (χ2v) is 5.64. The van der Waals surface area contributed by atoms with Gasteiger partial charge in [0.1, 0.15) is 0 Å². The fourth-order valence-corrected chi connectivity index (χ4v) is 3.60. The monoisotopic (exact) mass is 252 g/mol. The lowest BCUT2D eigenvalue weighted by molar-refractivity contribution is 0.0975. The summed E-state index contributed by atoms with van der Waals surface area (Å²) < 4.78 is 5.42. The second-order valence-electron chi connectivity index (χ2n) is 4.67. The van der Waals surface area contributed by atoms with Crippen LogP contribution in [0.2, 0.25) is 0 Å². The number of anilines is 1. The number of hydrogen-bond acceptors (Lipinski definition) is 5. The average Bonchev–Trinajstić information content (AvgIpc) is 2.75. The molecule has 17 heavy (non-hydrogen) atoms. The summed E-state index contributed by atoms with van der Waals surface area (Å²) in [7, 11) is 0. The first-order valence-corrected chi connectivity index (χ1v) is 6.94. The van der Waals surface area contributed by atoms with E-state index in [4.69, 9.17) is 4.74 Å². The zero-order valence-corrected chi connectivity index (χ0v) is 10.8.